The molecule has 1 aliphatic heterocycles. The van der Waals surface area contributed by atoms with Crippen molar-refractivity contribution in [3.8, 4) is 5.75 Å². The van der Waals surface area contributed by atoms with E-state index in [2.05, 4.69) is 17.0 Å². The highest BCUT2D eigenvalue weighted by molar-refractivity contribution is 6.21. The largest absolute Gasteiger partial charge is 0.497 e. The van der Waals surface area contributed by atoms with E-state index in [1.54, 1.807) is 7.11 Å². The van der Waals surface area contributed by atoms with E-state index in [1.807, 2.05) is 12.1 Å². The first kappa shape index (κ1) is 9.81. The molecule has 0 amide bonds. The number of rotatable bonds is 3. The molecule has 0 spiro atoms. The van der Waals surface area contributed by atoms with Crippen molar-refractivity contribution in [2.45, 2.75) is 11.9 Å². The molecule has 3 heteroatoms. The van der Waals surface area contributed by atoms with E-state index in [4.69, 9.17) is 16.3 Å². The molecule has 1 heterocycles. The second-order valence-electron chi connectivity index (χ2n) is 3.64. The minimum absolute atomic E-state index is 0.355. The number of benzene rings is 1. The molecule has 1 fully saturated rings. The van der Waals surface area contributed by atoms with Crippen LogP contribution in [0.15, 0.2) is 24.3 Å². The number of hydrogen-bond acceptors (Lipinski definition) is 2. The molecule has 1 aromatic rings. The van der Waals surface area contributed by atoms with Crippen LogP contribution < -0.4 is 4.74 Å². The Morgan fingerprint density at radius 2 is 2.00 bits per heavy atom. The summed E-state index contributed by atoms with van der Waals surface area (Å²) < 4.78 is 5.10. The van der Waals surface area contributed by atoms with Crippen LogP contribution in [0.5, 0.6) is 5.75 Å². The highest BCUT2D eigenvalue weighted by atomic mass is 35.5. The van der Waals surface area contributed by atoms with Crippen molar-refractivity contribution in [1.82, 2.24) is 4.90 Å². The van der Waals surface area contributed by atoms with Crippen LogP contribution in [-0.4, -0.2) is 30.5 Å². The van der Waals surface area contributed by atoms with Crippen LogP contribution in [0.25, 0.3) is 0 Å². The van der Waals surface area contributed by atoms with Crippen molar-refractivity contribution in [3.63, 3.8) is 0 Å². The fourth-order valence-electron chi connectivity index (χ4n) is 1.63. The predicted octanol–water partition coefficient (Wildman–Crippen LogP) is 2.12. The molecule has 0 saturated carbocycles. The Bertz CT molecular complexity index is 293. The van der Waals surface area contributed by atoms with Crippen molar-refractivity contribution >= 4 is 11.6 Å². The number of nitrogens with zero attached hydrogens (tertiary/aromatic N) is 1. The van der Waals surface area contributed by atoms with Gasteiger partial charge in [-0.3, -0.25) is 4.90 Å². The molecule has 0 radical (unpaired) electrons. The van der Waals surface area contributed by atoms with Crippen LogP contribution in [0.3, 0.4) is 0 Å². The molecular weight excluding hydrogens is 198 g/mol. The van der Waals surface area contributed by atoms with Crippen LogP contribution in [-0.2, 0) is 6.54 Å². The summed E-state index contributed by atoms with van der Waals surface area (Å²) in [6.07, 6.45) is 0. The van der Waals surface area contributed by atoms with Crippen molar-refractivity contribution in [3.05, 3.63) is 29.8 Å². The summed E-state index contributed by atoms with van der Waals surface area (Å²) in [5.41, 5.74) is 1.31. The van der Waals surface area contributed by atoms with Crippen LogP contribution in [0, 0.1) is 0 Å². The second-order valence-corrected chi connectivity index (χ2v) is 4.26. The van der Waals surface area contributed by atoms with Gasteiger partial charge in [-0.15, -0.1) is 11.6 Å². The summed E-state index contributed by atoms with van der Waals surface area (Å²) in [4.78, 5) is 2.33. The quantitative estimate of drug-likeness (QED) is 0.711. The maximum Gasteiger partial charge on any atom is 0.118 e. The second kappa shape index (κ2) is 4.20. The van der Waals surface area contributed by atoms with E-state index in [-0.39, 0.29) is 0 Å². The molecule has 0 aliphatic carbocycles. The average molecular weight is 212 g/mol. The molecule has 1 aromatic carbocycles. The van der Waals surface area contributed by atoms with Gasteiger partial charge >= 0.3 is 0 Å². The Balaban J connectivity index is 1.90. The van der Waals surface area contributed by atoms with Gasteiger partial charge < -0.3 is 4.74 Å². The molecule has 0 atom stereocenters. The van der Waals surface area contributed by atoms with Crippen molar-refractivity contribution in [2.24, 2.45) is 0 Å². The minimum Gasteiger partial charge on any atom is -0.497 e. The fraction of sp³-hybridized carbons (Fsp3) is 0.455. The van der Waals surface area contributed by atoms with Crippen molar-refractivity contribution in [1.29, 1.82) is 0 Å². The number of hydrogen-bond donors (Lipinski definition) is 0. The summed E-state index contributed by atoms with van der Waals surface area (Å²) in [5, 5.41) is 0.355. The molecule has 76 valence electrons. The average Bonchev–Trinajstić information content (AvgIpc) is 2.17. The van der Waals surface area contributed by atoms with Gasteiger partial charge in [0.15, 0.2) is 0 Å². The smallest absolute Gasteiger partial charge is 0.118 e. The van der Waals surface area contributed by atoms with E-state index in [9.17, 15) is 0 Å². The monoisotopic (exact) mass is 211 g/mol. The molecule has 0 bridgehead atoms. The van der Waals surface area contributed by atoms with Gasteiger partial charge in [-0.25, -0.2) is 0 Å². The van der Waals surface area contributed by atoms with Gasteiger partial charge in [0, 0.05) is 19.6 Å². The first-order valence-electron chi connectivity index (χ1n) is 4.77. The van der Waals surface area contributed by atoms with Crippen LogP contribution in [0.2, 0.25) is 0 Å². The molecule has 0 aromatic heterocycles. The summed E-state index contributed by atoms with van der Waals surface area (Å²) in [6, 6.07) is 8.18. The molecule has 1 aliphatic rings. The Morgan fingerprint density at radius 3 is 2.50 bits per heavy atom. The van der Waals surface area contributed by atoms with Gasteiger partial charge in [-0.2, -0.15) is 0 Å². The molecule has 2 nitrogen and oxygen atoms in total. The first-order valence-corrected chi connectivity index (χ1v) is 5.21. The standard InChI is InChI=1S/C11H14ClNO/c1-14-11-4-2-9(3-5-11)6-13-7-10(12)8-13/h2-5,10H,6-8H2,1H3. The van der Waals surface area contributed by atoms with Gasteiger partial charge in [-0.05, 0) is 17.7 Å². The number of ether oxygens (including phenoxy) is 1. The Morgan fingerprint density at radius 1 is 1.36 bits per heavy atom. The highest BCUT2D eigenvalue weighted by Crippen LogP contribution is 2.18. The zero-order valence-electron chi connectivity index (χ0n) is 8.24. The van der Waals surface area contributed by atoms with E-state index < -0.39 is 0 Å². The lowest BCUT2D eigenvalue weighted by Gasteiger charge is -2.35. The first-order chi connectivity index (χ1) is 6.78. The van der Waals surface area contributed by atoms with E-state index in [1.165, 1.54) is 5.56 Å². The van der Waals surface area contributed by atoms with E-state index in [0.29, 0.717) is 5.38 Å². The zero-order valence-corrected chi connectivity index (χ0v) is 9.00. The van der Waals surface area contributed by atoms with Gasteiger partial charge in [0.25, 0.3) is 0 Å². The Kier molecular flexibility index (Phi) is 2.94. The molecule has 1 saturated heterocycles. The number of halogens is 1. The zero-order chi connectivity index (χ0) is 9.97. The van der Waals surface area contributed by atoms with Gasteiger partial charge in [0.2, 0.25) is 0 Å². The molecule has 14 heavy (non-hydrogen) atoms. The normalized spacial score (nSPS) is 17.9. The number of alkyl halides is 1. The molecule has 0 unspecified atom stereocenters. The minimum atomic E-state index is 0.355. The van der Waals surface area contributed by atoms with Gasteiger partial charge in [0.1, 0.15) is 5.75 Å². The van der Waals surface area contributed by atoms with Crippen molar-refractivity contribution in [2.75, 3.05) is 20.2 Å². The summed E-state index contributed by atoms with van der Waals surface area (Å²) in [6.45, 7) is 3.01. The summed E-state index contributed by atoms with van der Waals surface area (Å²) >= 11 is 5.90. The summed E-state index contributed by atoms with van der Waals surface area (Å²) in [7, 11) is 1.68. The molecule has 2 rings (SSSR count). The van der Waals surface area contributed by atoms with E-state index in [0.717, 1.165) is 25.4 Å². The Labute approximate surface area is 89.4 Å². The lowest BCUT2D eigenvalue weighted by atomic mass is 10.1. The third-order valence-electron chi connectivity index (χ3n) is 2.48. The lowest BCUT2D eigenvalue weighted by molar-refractivity contribution is 0.178. The van der Waals surface area contributed by atoms with Crippen LogP contribution in [0.1, 0.15) is 5.56 Å². The molecule has 0 N–H and O–H groups in total. The number of methoxy groups -OCH3 is 1. The number of likely N-dealkylation sites (tertiary alicyclic amines) is 1. The van der Waals surface area contributed by atoms with Crippen LogP contribution in [0.4, 0.5) is 0 Å². The topological polar surface area (TPSA) is 12.5 Å². The maximum atomic E-state index is 5.90. The summed E-state index contributed by atoms with van der Waals surface area (Å²) in [5.74, 6) is 0.910. The third-order valence-corrected chi connectivity index (χ3v) is 2.75. The SMILES string of the molecule is COc1ccc(CN2CC(Cl)C2)cc1. The highest BCUT2D eigenvalue weighted by Gasteiger charge is 2.23. The van der Waals surface area contributed by atoms with E-state index >= 15 is 0 Å². The van der Waals surface area contributed by atoms with Gasteiger partial charge in [-0.1, -0.05) is 12.1 Å². The molecular formula is C11H14ClNO. The Hall–Kier alpha value is -0.730. The van der Waals surface area contributed by atoms with Crippen LogP contribution >= 0.6 is 11.6 Å². The maximum absolute atomic E-state index is 5.90. The third kappa shape index (κ3) is 2.20. The fourth-order valence-corrected chi connectivity index (χ4v) is 2.02. The van der Waals surface area contributed by atoms with Gasteiger partial charge in [0.05, 0.1) is 12.5 Å². The lowest BCUT2D eigenvalue weighted by Crippen LogP contribution is -2.46. The predicted molar refractivity (Wildman–Crippen MR) is 57.9 cm³/mol. The van der Waals surface area contributed by atoms with Crippen molar-refractivity contribution < 1.29 is 4.74 Å².